The number of carbonyl (C=O) groups is 2. The fourth-order valence-electron chi connectivity index (χ4n) is 3.44. The van der Waals surface area contributed by atoms with Crippen LogP contribution in [0.5, 0.6) is 0 Å². The number of thioether (sulfide) groups is 1. The second-order valence-electron chi connectivity index (χ2n) is 9.14. The molecule has 0 aliphatic carbocycles. The molecule has 0 fully saturated rings. The molecule has 2 aromatic heterocycles. The summed E-state index contributed by atoms with van der Waals surface area (Å²) >= 11 is 1.01. The molecular formula is C27H35N3O7S. The molecule has 0 aliphatic heterocycles. The van der Waals surface area contributed by atoms with Crippen LogP contribution in [-0.4, -0.2) is 84.1 Å². The summed E-state index contributed by atoms with van der Waals surface area (Å²) in [6.07, 6.45) is 3.23. The van der Waals surface area contributed by atoms with Crippen molar-refractivity contribution in [3.63, 3.8) is 0 Å². The molecule has 11 heteroatoms. The van der Waals surface area contributed by atoms with Gasteiger partial charge in [-0.15, -0.1) is 0 Å². The zero-order valence-corrected chi connectivity index (χ0v) is 22.9. The highest BCUT2D eigenvalue weighted by atomic mass is 32.2. The van der Waals surface area contributed by atoms with Crippen LogP contribution >= 0.6 is 11.8 Å². The standard InChI is InChI=1S/C27H35N3O7S/c1-27(2,3)37-24(31)20-36-18-17-35-16-15-34-14-13-33-12-11-30-22-8-5-4-7-21(22)19-23(30)25(32)38-26-28-9-6-10-29-26/h4-10,19H,11-18,20H2,1-3H3. The van der Waals surface area contributed by atoms with Crippen LogP contribution in [0.1, 0.15) is 31.3 Å². The highest BCUT2D eigenvalue weighted by Crippen LogP contribution is 2.25. The first-order valence-electron chi connectivity index (χ1n) is 12.4. The smallest absolute Gasteiger partial charge is 0.332 e. The second-order valence-corrected chi connectivity index (χ2v) is 10.1. The summed E-state index contributed by atoms with van der Waals surface area (Å²) in [4.78, 5) is 32.8. The highest BCUT2D eigenvalue weighted by Gasteiger charge is 2.18. The molecule has 3 rings (SSSR count). The lowest BCUT2D eigenvalue weighted by Crippen LogP contribution is -2.27. The Balaban J connectivity index is 1.29. The third-order valence-electron chi connectivity index (χ3n) is 4.96. The molecule has 0 saturated heterocycles. The highest BCUT2D eigenvalue weighted by molar-refractivity contribution is 8.14. The molecule has 0 spiro atoms. The van der Waals surface area contributed by atoms with Gasteiger partial charge in [0, 0.05) is 29.8 Å². The summed E-state index contributed by atoms with van der Waals surface area (Å²) < 4.78 is 29.0. The summed E-state index contributed by atoms with van der Waals surface area (Å²) in [6, 6.07) is 11.5. The molecule has 0 radical (unpaired) electrons. The van der Waals surface area contributed by atoms with Gasteiger partial charge in [-0.3, -0.25) is 4.79 Å². The van der Waals surface area contributed by atoms with Crippen LogP contribution in [0.25, 0.3) is 10.9 Å². The monoisotopic (exact) mass is 545 g/mol. The summed E-state index contributed by atoms with van der Waals surface area (Å²) in [5.74, 6) is -0.394. The number of carbonyl (C=O) groups excluding carboxylic acids is 2. The van der Waals surface area contributed by atoms with Crippen LogP contribution in [0.4, 0.5) is 0 Å². The molecule has 206 valence electrons. The van der Waals surface area contributed by atoms with Crippen molar-refractivity contribution in [3.8, 4) is 0 Å². The van der Waals surface area contributed by atoms with Gasteiger partial charge in [0.15, 0.2) is 5.16 Å². The van der Waals surface area contributed by atoms with Crippen LogP contribution in [0.2, 0.25) is 0 Å². The average molecular weight is 546 g/mol. The first kappa shape index (κ1) is 29.7. The Morgan fingerprint density at radius 1 is 0.842 bits per heavy atom. The summed E-state index contributed by atoms with van der Waals surface area (Å²) in [5, 5.41) is 1.29. The molecule has 0 N–H and O–H groups in total. The van der Waals surface area contributed by atoms with E-state index in [2.05, 4.69) is 9.97 Å². The predicted molar refractivity (Wildman–Crippen MR) is 143 cm³/mol. The Labute approximate surface area is 227 Å². The number of benzene rings is 1. The maximum absolute atomic E-state index is 13.0. The second kappa shape index (κ2) is 15.6. The van der Waals surface area contributed by atoms with E-state index in [-0.39, 0.29) is 11.7 Å². The van der Waals surface area contributed by atoms with Crippen LogP contribution in [0.3, 0.4) is 0 Å². The number of nitrogens with zero attached hydrogens (tertiary/aromatic N) is 3. The van der Waals surface area contributed by atoms with E-state index in [4.69, 9.17) is 23.7 Å². The number of esters is 1. The number of hydrogen-bond acceptors (Lipinski definition) is 10. The Hall–Kier alpha value is -2.83. The fraction of sp³-hybridized carbons (Fsp3) is 0.481. The summed E-state index contributed by atoms with van der Waals surface area (Å²) in [6.45, 7) is 8.66. The van der Waals surface area contributed by atoms with Crippen molar-refractivity contribution >= 4 is 33.7 Å². The van der Waals surface area contributed by atoms with E-state index in [1.54, 1.807) is 18.5 Å². The molecular weight excluding hydrogens is 510 g/mol. The molecule has 0 amide bonds. The third-order valence-corrected chi connectivity index (χ3v) is 5.75. The number of rotatable bonds is 16. The zero-order valence-electron chi connectivity index (χ0n) is 22.1. The summed E-state index contributed by atoms with van der Waals surface area (Å²) in [7, 11) is 0. The van der Waals surface area contributed by atoms with Gasteiger partial charge in [-0.05, 0) is 50.7 Å². The minimum Gasteiger partial charge on any atom is -0.458 e. The lowest BCUT2D eigenvalue weighted by Gasteiger charge is -2.19. The van der Waals surface area contributed by atoms with E-state index in [0.29, 0.717) is 63.6 Å². The van der Waals surface area contributed by atoms with Crippen molar-refractivity contribution in [1.82, 2.24) is 14.5 Å². The van der Waals surface area contributed by atoms with E-state index in [1.165, 1.54) is 0 Å². The SMILES string of the molecule is CC(C)(C)OC(=O)COCCOCCOCCOCCn1c(C(=O)Sc2ncccn2)cc2ccccc21. The van der Waals surface area contributed by atoms with Gasteiger partial charge in [0.1, 0.15) is 12.2 Å². The molecule has 0 saturated carbocycles. The molecule has 1 aromatic carbocycles. The van der Waals surface area contributed by atoms with Crippen LogP contribution in [-0.2, 0) is 35.0 Å². The quantitative estimate of drug-likeness (QED) is 0.114. The minimum atomic E-state index is -0.520. The minimum absolute atomic E-state index is 0.0940. The lowest BCUT2D eigenvalue weighted by atomic mass is 10.2. The van der Waals surface area contributed by atoms with Crippen molar-refractivity contribution in [2.75, 3.05) is 52.9 Å². The topological polar surface area (TPSA) is 111 Å². The van der Waals surface area contributed by atoms with Gasteiger partial charge >= 0.3 is 5.97 Å². The van der Waals surface area contributed by atoms with Gasteiger partial charge in [0.25, 0.3) is 0 Å². The van der Waals surface area contributed by atoms with Crippen molar-refractivity contribution in [2.24, 2.45) is 0 Å². The average Bonchev–Trinajstić information content (AvgIpc) is 3.25. The Morgan fingerprint density at radius 3 is 2.11 bits per heavy atom. The van der Waals surface area contributed by atoms with E-state index in [1.807, 2.05) is 55.7 Å². The van der Waals surface area contributed by atoms with Crippen molar-refractivity contribution < 1.29 is 33.3 Å². The number of ether oxygens (including phenoxy) is 5. The van der Waals surface area contributed by atoms with Crippen LogP contribution in [0, 0.1) is 0 Å². The lowest BCUT2D eigenvalue weighted by molar-refractivity contribution is -0.160. The van der Waals surface area contributed by atoms with E-state index < -0.39 is 11.6 Å². The van der Waals surface area contributed by atoms with E-state index in [9.17, 15) is 9.59 Å². The van der Waals surface area contributed by atoms with Gasteiger partial charge in [0.05, 0.1) is 51.9 Å². The molecule has 0 aliphatic rings. The largest absolute Gasteiger partial charge is 0.458 e. The number of hydrogen-bond donors (Lipinski definition) is 0. The third kappa shape index (κ3) is 10.5. The molecule has 0 bridgehead atoms. The van der Waals surface area contributed by atoms with Crippen molar-refractivity contribution in [1.29, 1.82) is 0 Å². The molecule has 0 atom stereocenters. The maximum atomic E-state index is 13.0. The zero-order chi connectivity index (χ0) is 27.2. The normalized spacial score (nSPS) is 11.7. The van der Waals surface area contributed by atoms with Crippen molar-refractivity contribution in [2.45, 2.75) is 38.1 Å². The fourth-order valence-corrected chi connectivity index (χ4v) is 4.10. The summed E-state index contributed by atoms with van der Waals surface area (Å²) in [5.41, 5.74) is 1.03. The number of fused-ring (bicyclic) bond motifs is 1. The Morgan fingerprint density at radius 2 is 1.45 bits per heavy atom. The van der Waals surface area contributed by atoms with Crippen LogP contribution < -0.4 is 0 Å². The van der Waals surface area contributed by atoms with Gasteiger partial charge in [-0.25, -0.2) is 14.8 Å². The Kier molecular flexibility index (Phi) is 12.2. The van der Waals surface area contributed by atoms with Gasteiger partial charge in [-0.1, -0.05) is 18.2 Å². The Bertz CT molecular complexity index is 1150. The maximum Gasteiger partial charge on any atom is 0.332 e. The van der Waals surface area contributed by atoms with Gasteiger partial charge < -0.3 is 28.3 Å². The van der Waals surface area contributed by atoms with Gasteiger partial charge in [0.2, 0.25) is 5.12 Å². The number of aromatic nitrogens is 3. The molecule has 38 heavy (non-hydrogen) atoms. The number of para-hydroxylation sites is 1. The molecule has 2 heterocycles. The van der Waals surface area contributed by atoms with Crippen molar-refractivity contribution in [3.05, 3.63) is 54.5 Å². The van der Waals surface area contributed by atoms with Crippen LogP contribution in [0.15, 0.2) is 53.9 Å². The predicted octanol–water partition coefficient (Wildman–Crippen LogP) is 3.77. The molecule has 10 nitrogen and oxygen atoms in total. The van der Waals surface area contributed by atoms with Gasteiger partial charge in [-0.2, -0.15) is 0 Å². The first-order valence-corrected chi connectivity index (χ1v) is 13.3. The van der Waals surface area contributed by atoms with E-state index >= 15 is 0 Å². The first-order chi connectivity index (χ1) is 18.3. The van der Waals surface area contributed by atoms with E-state index in [0.717, 1.165) is 22.7 Å². The molecule has 0 unspecified atom stereocenters. The molecule has 3 aromatic rings.